The molecule has 1 atom stereocenters. The number of aryl methyl sites for hydroxylation is 2. The van der Waals surface area contributed by atoms with Crippen LogP contribution in [0.1, 0.15) is 52.0 Å². The molecule has 0 radical (unpaired) electrons. The van der Waals surface area contributed by atoms with Crippen LogP contribution in [-0.2, 0) is 16.6 Å². The summed E-state index contributed by atoms with van der Waals surface area (Å²) in [5, 5.41) is 10.1. The zero-order valence-electron chi connectivity index (χ0n) is 25.9. The summed E-state index contributed by atoms with van der Waals surface area (Å²) in [5.74, 6) is -7.84. The first-order chi connectivity index (χ1) is 22.4. The number of rotatable bonds is 6. The Labute approximate surface area is 270 Å². The molecule has 0 aromatic heterocycles. The lowest BCUT2D eigenvalue weighted by Gasteiger charge is -2.36. The maximum Gasteiger partial charge on any atom is 0.457 e. The van der Waals surface area contributed by atoms with Crippen LogP contribution in [0.25, 0.3) is 0 Å². The van der Waals surface area contributed by atoms with E-state index in [0.717, 1.165) is 0 Å². The van der Waals surface area contributed by atoms with Crippen LogP contribution in [0.5, 0.6) is 0 Å². The van der Waals surface area contributed by atoms with Crippen molar-refractivity contribution in [3.05, 3.63) is 93.8 Å². The molecule has 18 heteroatoms. The monoisotopic (exact) mass is 719 g/mol. The number of amides is 2. The van der Waals surface area contributed by atoms with Crippen LogP contribution >= 0.6 is 0 Å². The van der Waals surface area contributed by atoms with E-state index in [0.29, 0.717) is 23.6 Å². The summed E-state index contributed by atoms with van der Waals surface area (Å²) in [7, 11) is 1.53. The minimum Gasteiger partial charge on any atom is -0.328 e. The largest absolute Gasteiger partial charge is 0.457 e. The highest BCUT2D eigenvalue weighted by Gasteiger charge is 2.81. The second-order valence-corrected chi connectivity index (χ2v) is 9.67. The molecule has 5 nitrogen and oxygen atoms in total. The minimum atomic E-state index is -7.12. The van der Waals surface area contributed by atoms with Gasteiger partial charge >= 0.3 is 30.1 Å². The van der Waals surface area contributed by atoms with Crippen LogP contribution < -0.4 is 10.2 Å². The average molecular weight is 720 g/mol. The van der Waals surface area contributed by atoms with E-state index < -0.39 is 64.4 Å². The molecule has 0 saturated carbocycles. The van der Waals surface area contributed by atoms with E-state index in [1.807, 2.05) is 19.9 Å². The van der Waals surface area contributed by atoms with Crippen molar-refractivity contribution in [1.82, 2.24) is 0 Å². The van der Waals surface area contributed by atoms with Crippen molar-refractivity contribution in [3.8, 4) is 6.07 Å². The number of halogens is 13. The van der Waals surface area contributed by atoms with Gasteiger partial charge in [0.2, 0.25) is 6.41 Å². The lowest BCUT2D eigenvalue weighted by Crippen LogP contribution is -2.59. The topological polar surface area (TPSA) is 73.2 Å². The number of hydrogen-bond donors (Lipinski definition) is 1. The molecular weight excluding hydrogens is 693 g/mol. The van der Waals surface area contributed by atoms with Gasteiger partial charge in [-0.05, 0) is 61.4 Å². The molecule has 0 aliphatic heterocycles. The van der Waals surface area contributed by atoms with Crippen molar-refractivity contribution in [2.75, 3.05) is 17.3 Å². The van der Waals surface area contributed by atoms with E-state index in [4.69, 9.17) is 5.26 Å². The quantitative estimate of drug-likeness (QED) is 0.204. The summed E-state index contributed by atoms with van der Waals surface area (Å²) in [6, 6.07) is 12.0. The predicted octanol–water partition coefficient (Wildman–Crippen LogP) is 9.82. The second kappa shape index (κ2) is 15.6. The van der Waals surface area contributed by atoms with Crippen LogP contribution in [0.2, 0.25) is 0 Å². The number of nitriles is 1. The van der Waals surface area contributed by atoms with Crippen molar-refractivity contribution < 1.29 is 66.7 Å². The first-order valence-electron chi connectivity index (χ1n) is 13.5. The number of carbonyl (C=O) groups is 2. The summed E-state index contributed by atoms with van der Waals surface area (Å²) in [6.07, 6.45) is -20.0. The molecular formula is C31H26F13N3O2. The number of nitrogens with one attached hydrogen (secondary N) is 1. The van der Waals surface area contributed by atoms with Gasteiger partial charge in [-0.2, -0.15) is 53.6 Å². The van der Waals surface area contributed by atoms with Gasteiger partial charge in [0.25, 0.3) is 5.91 Å². The summed E-state index contributed by atoms with van der Waals surface area (Å²) in [4.78, 5) is 23.9. The van der Waals surface area contributed by atoms with E-state index in [1.165, 1.54) is 17.3 Å². The van der Waals surface area contributed by atoms with E-state index in [-0.39, 0.29) is 24.1 Å². The van der Waals surface area contributed by atoms with Crippen molar-refractivity contribution in [2.45, 2.75) is 57.8 Å². The molecule has 0 fully saturated rings. The Kier molecular flexibility index (Phi) is 13.4. The van der Waals surface area contributed by atoms with Crippen LogP contribution in [0, 0.1) is 31.0 Å². The molecule has 3 aromatic rings. The Morgan fingerprint density at radius 3 is 1.78 bits per heavy atom. The molecule has 0 saturated heterocycles. The van der Waals surface area contributed by atoms with E-state index in [9.17, 15) is 66.7 Å². The Morgan fingerprint density at radius 1 is 0.816 bits per heavy atom. The molecule has 0 bridgehead atoms. The fraction of sp³-hybridized carbons (Fsp3) is 0.323. The fourth-order valence-electron chi connectivity index (χ4n) is 4.06. The molecule has 0 heterocycles. The normalized spacial score (nSPS) is 13.0. The molecule has 0 spiro atoms. The maximum atomic E-state index is 14.3. The number of nitrogens with zero attached hydrogens (tertiary/aromatic N) is 2. The third-order valence-electron chi connectivity index (χ3n) is 6.52. The minimum absolute atomic E-state index is 0.236. The van der Waals surface area contributed by atoms with Gasteiger partial charge in [-0.25, -0.2) is 8.78 Å². The van der Waals surface area contributed by atoms with Gasteiger partial charge in [0.05, 0.1) is 28.6 Å². The van der Waals surface area contributed by atoms with Crippen molar-refractivity contribution in [3.63, 3.8) is 0 Å². The number of alkyl halides is 12. The number of carbonyl (C=O) groups excluding carboxylic acids is 2. The third-order valence-corrected chi connectivity index (χ3v) is 6.52. The molecule has 2 amide bonds. The van der Waals surface area contributed by atoms with Crippen LogP contribution in [0.4, 0.5) is 68.5 Å². The molecule has 3 rings (SSSR count). The highest BCUT2D eigenvalue weighted by Crippen LogP contribution is 2.59. The second-order valence-electron chi connectivity index (χ2n) is 9.67. The number of anilines is 2. The Balaban J connectivity index is 0.000000483. The Bertz CT molecular complexity index is 1660. The van der Waals surface area contributed by atoms with E-state index in [2.05, 4.69) is 0 Å². The SMILES string of the molecule is CC.Cc1cc(C(F)(C(F)(F)F)C(F)(F)C(F)(F)F)cc(C(F)(F)F)c1NC=O.Cc1cccc(N(C)C(=O)c2ccc(C#N)cc2)c1F. The molecule has 1 N–H and O–H groups in total. The smallest absolute Gasteiger partial charge is 0.328 e. The van der Waals surface area contributed by atoms with Gasteiger partial charge in [0, 0.05) is 18.2 Å². The molecule has 49 heavy (non-hydrogen) atoms. The maximum absolute atomic E-state index is 14.3. The van der Waals surface area contributed by atoms with Crippen LogP contribution in [0.3, 0.4) is 0 Å². The van der Waals surface area contributed by atoms with E-state index >= 15 is 0 Å². The standard InChI is InChI=1S/C16H13FN2O.C13H7F12NO.C2H6/c1-11-4-3-5-14(15(11)17)19(2)16(20)13-8-6-12(10-18)7-9-13;1-5-2-6(3-7(10(15,16)17)8(5)26-4-27)9(14,12(20,21)22)11(18,19)13(23,24)25;1-2/h3-9H,1-2H3;2-4H,1H3,(H,26,27);1-2H3. The first kappa shape index (κ1) is 42.2. The zero-order valence-corrected chi connectivity index (χ0v) is 25.9. The molecule has 1 unspecified atom stereocenters. The lowest BCUT2D eigenvalue weighted by atomic mass is 9.85. The van der Waals surface area contributed by atoms with Gasteiger partial charge in [0.1, 0.15) is 5.82 Å². The van der Waals surface area contributed by atoms with Gasteiger partial charge in [-0.1, -0.05) is 32.0 Å². The zero-order chi connectivity index (χ0) is 38.3. The molecule has 0 aliphatic rings. The fourth-order valence-corrected chi connectivity index (χ4v) is 4.06. The summed E-state index contributed by atoms with van der Waals surface area (Å²) < 4.78 is 170. The first-order valence-corrected chi connectivity index (χ1v) is 13.5. The van der Waals surface area contributed by atoms with Crippen LogP contribution in [-0.4, -0.2) is 37.6 Å². The van der Waals surface area contributed by atoms with Crippen molar-refractivity contribution in [1.29, 1.82) is 5.26 Å². The van der Waals surface area contributed by atoms with Crippen LogP contribution in [0.15, 0.2) is 54.6 Å². The average Bonchev–Trinajstić information content (AvgIpc) is 3.01. The number of hydrogen-bond acceptors (Lipinski definition) is 3. The van der Waals surface area contributed by atoms with Gasteiger partial charge in [-0.3, -0.25) is 9.59 Å². The van der Waals surface area contributed by atoms with Crippen molar-refractivity contribution in [2.24, 2.45) is 0 Å². The Hall–Kier alpha value is -4.82. The lowest BCUT2D eigenvalue weighted by molar-refractivity contribution is -0.389. The molecule has 268 valence electrons. The number of benzene rings is 3. The van der Waals surface area contributed by atoms with E-state index in [1.54, 1.807) is 49.4 Å². The summed E-state index contributed by atoms with van der Waals surface area (Å²) >= 11 is 0. The summed E-state index contributed by atoms with van der Waals surface area (Å²) in [5.41, 5.74) is -12.0. The highest BCUT2D eigenvalue weighted by molar-refractivity contribution is 6.05. The Morgan fingerprint density at radius 2 is 1.35 bits per heavy atom. The summed E-state index contributed by atoms with van der Waals surface area (Å²) in [6.45, 7) is 6.20. The predicted molar refractivity (Wildman–Crippen MR) is 152 cm³/mol. The van der Waals surface area contributed by atoms with Gasteiger partial charge < -0.3 is 10.2 Å². The molecule has 0 aliphatic carbocycles. The van der Waals surface area contributed by atoms with Crippen molar-refractivity contribution >= 4 is 23.7 Å². The van der Waals surface area contributed by atoms with Gasteiger partial charge in [-0.15, -0.1) is 0 Å². The molecule has 3 aromatic carbocycles. The third kappa shape index (κ3) is 8.81. The highest BCUT2D eigenvalue weighted by atomic mass is 19.4. The van der Waals surface area contributed by atoms with Gasteiger partial charge in [0.15, 0.2) is 0 Å².